The van der Waals surface area contributed by atoms with Crippen molar-refractivity contribution in [1.82, 2.24) is 9.38 Å². The van der Waals surface area contributed by atoms with Crippen LogP contribution >= 0.6 is 15.9 Å². The fraction of sp³-hybridized carbons (Fsp3) is 0.562. The number of halogens is 1. The molecule has 1 aliphatic heterocycles. The zero-order valence-electron chi connectivity index (χ0n) is 22.9. The van der Waals surface area contributed by atoms with Crippen LogP contribution in [0.5, 0.6) is 0 Å². The van der Waals surface area contributed by atoms with E-state index in [1.807, 2.05) is 0 Å². The highest BCUT2D eigenvalue weighted by atomic mass is 79.9. The second-order valence-electron chi connectivity index (χ2n) is 13.3. The van der Waals surface area contributed by atoms with E-state index in [0.717, 1.165) is 40.5 Å². The summed E-state index contributed by atoms with van der Waals surface area (Å²) in [5.41, 5.74) is 9.84. The van der Waals surface area contributed by atoms with E-state index in [2.05, 4.69) is 97.6 Å². The van der Waals surface area contributed by atoms with Crippen molar-refractivity contribution in [3.8, 4) is 0 Å². The molecule has 4 aliphatic rings. The predicted octanol–water partition coefficient (Wildman–Crippen LogP) is 8.55. The number of imidazole rings is 1. The Morgan fingerprint density at radius 2 is 1.64 bits per heavy atom. The largest absolute Gasteiger partial charge is 0.299 e. The van der Waals surface area contributed by atoms with Gasteiger partial charge in [-0.15, -0.1) is 0 Å². The average molecular weight is 546 g/mol. The lowest BCUT2D eigenvalue weighted by Gasteiger charge is -2.47. The van der Waals surface area contributed by atoms with Crippen LogP contribution in [0.15, 0.2) is 28.7 Å². The zero-order chi connectivity index (χ0) is 25.4. The van der Waals surface area contributed by atoms with Gasteiger partial charge in [0, 0.05) is 15.3 Å². The molecule has 2 bridgehead atoms. The van der Waals surface area contributed by atoms with E-state index in [4.69, 9.17) is 4.98 Å². The van der Waals surface area contributed by atoms with E-state index in [-0.39, 0.29) is 16.4 Å². The summed E-state index contributed by atoms with van der Waals surface area (Å²) in [7, 11) is 0. The van der Waals surface area contributed by atoms with Gasteiger partial charge in [-0.05, 0) is 108 Å². The number of fused-ring (bicyclic) bond motifs is 5. The van der Waals surface area contributed by atoms with Gasteiger partial charge in [0.15, 0.2) is 11.0 Å². The third kappa shape index (κ3) is 2.55. The number of rotatable bonds is 2. The minimum Gasteiger partial charge on any atom is -0.216 e. The maximum absolute atomic E-state index is 5.47. The van der Waals surface area contributed by atoms with Gasteiger partial charge in [0.1, 0.15) is 5.54 Å². The molecular weight excluding hydrogens is 506 g/mol. The van der Waals surface area contributed by atoms with E-state index in [1.54, 1.807) is 11.1 Å². The van der Waals surface area contributed by atoms with Gasteiger partial charge in [-0.2, -0.15) is 4.40 Å². The number of benzene rings is 2. The van der Waals surface area contributed by atoms with Crippen LogP contribution in [-0.4, -0.2) is 9.38 Å². The quantitative estimate of drug-likeness (QED) is 0.231. The smallest absolute Gasteiger partial charge is 0.216 e. The van der Waals surface area contributed by atoms with Crippen LogP contribution in [0.4, 0.5) is 0 Å². The van der Waals surface area contributed by atoms with Gasteiger partial charge in [-0.1, -0.05) is 47.6 Å². The molecule has 36 heavy (non-hydrogen) atoms. The van der Waals surface area contributed by atoms with Crippen molar-refractivity contribution in [2.24, 2.45) is 0 Å². The summed E-state index contributed by atoms with van der Waals surface area (Å²) in [5, 5.41) is 1.34. The van der Waals surface area contributed by atoms with Crippen molar-refractivity contribution < 1.29 is 4.57 Å². The number of hydrogen-bond donors (Lipinski definition) is 0. The first-order chi connectivity index (χ1) is 17.0. The summed E-state index contributed by atoms with van der Waals surface area (Å²) < 4.78 is 6.44. The molecule has 3 aliphatic carbocycles. The molecule has 0 saturated heterocycles. The first kappa shape index (κ1) is 23.2. The van der Waals surface area contributed by atoms with E-state index in [1.165, 1.54) is 53.3 Å². The topological polar surface area (TPSA) is 21.2 Å². The maximum Gasteiger partial charge on any atom is 0.299 e. The average Bonchev–Trinajstić information content (AvgIpc) is 3.21. The Labute approximate surface area is 223 Å². The molecular formula is C32H39BrN3+. The fourth-order valence-corrected chi connectivity index (χ4v) is 8.75. The molecule has 2 aromatic heterocycles. The predicted molar refractivity (Wildman–Crippen MR) is 152 cm³/mol. The van der Waals surface area contributed by atoms with Crippen molar-refractivity contribution in [2.45, 2.75) is 115 Å². The molecule has 0 spiro atoms. The second-order valence-corrected chi connectivity index (χ2v) is 14.2. The Morgan fingerprint density at radius 3 is 2.22 bits per heavy atom. The van der Waals surface area contributed by atoms with Crippen LogP contribution in [0.2, 0.25) is 0 Å². The third-order valence-corrected chi connectivity index (χ3v) is 11.5. The van der Waals surface area contributed by atoms with Gasteiger partial charge < -0.3 is 0 Å². The molecule has 3 heterocycles. The minimum absolute atomic E-state index is 0.00692. The van der Waals surface area contributed by atoms with E-state index < -0.39 is 0 Å². The number of hydrogen-bond acceptors (Lipinski definition) is 1. The lowest BCUT2D eigenvalue weighted by atomic mass is 9.62. The standard InChI is InChI=1S/C32H39BrN3/c1-8-31(6)22-14-15-23(33)27-26(22)28-35(29(34-27)30(3,4)5)24-16-20-18-10-12-19(13-11-18)21(20)17-25(24)36(28)32(31,7)9-2/h14-19H,8-13H2,1-7H3/q+1. The molecule has 1 fully saturated rings. The summed E-state index contributed by atoms with van der Waals surface area (Å²) >= 11 is 3.91. The van der Waals surface area contributed by atoms with Gasteiger partial charge in [0.05, 0.1) is 10.9 Å². The molecule has 0 N–H and O–H groups in total. The van der Waals surface area contributed by atoms with Crippen molar-refractivity contribution in [3.63, 3.8) is 0 Å². The highest BCUT2D eigenvalue weighted by Gasteiger charge is 2.56. The van der Waals surface area contributed by atoms with Crippen LogP contribution in [0, 0.1) is 0 Å². The highest BCUT2D eigenvalue weighted by molar-refractivity contribution is 9.10. The lowest BCUT2D eigenvalue weighted by molar-refractivity contribution is -0.728. The molecule has 2 unspecified atom stereocenters. The lowest BCUT2D eigenvalue weighted by Crippen LogP contribution is -2.66. The number of aromatic nitrogens is 3. The highest BCUT2D eigenvalue weighted by Crippen LogP contribution is 2.53. The normalized spacial score (nSPS) is 29.1. The maximum atomic E-state index is 5.47. The molecule has 0 amide bonds. The Hall–Kier alpha value is -1.94. The van der Waals surface area contributed by atoms with Gasteiger partial charge in [0.25, 0.3) is 5.65 Å². The van der Waals surface area contributed by atoms with Gasteiger partial charge >= 0.3 is 0 Å². The summed E-state index contributed by atoms with van der Waals surface area (Å²) in [4.78, 5) is 5.47. The van der Waals surface area contributed by atoms with Crippen molar-refractivity contribution in [1.29, 1.82) is 0 Å². The second kappa shape index (κ2) is 7.12. The van der Waals surface area contributed by atoms with Gasteiger partial charge in [0.2, 0.25) is 5.82 Å². The molecule has 8 rings (SSSR count). The SMILES string of the molecule is CCC1(C)c2ccc(Br)c3nc(C(C)(C)C)n4c5cc6c(cc5[n+](c4c23)C1(C)CC)C1CCC6CC1. The van der Waals surface area contributed by atoms with Crippen molar-refractivity contribution >= 4 is 43.5 Å². The van der Waals surface area contributed by atoms with Crippen LogP contribution in [0.1, 0.15) is 121 Å². The molecule has 2 aromatic carbocycles. The van der Waals surface area contributed by atoms with E-state index in [9.17, 15) is 0 Å². The molecule has 2 atom stereocenters. The van der Waals surface area contributed by atoms with Crippen LogP contribution in [-0.2, 0) is 16.4 Å². The van der Waals surface area contributed by atoms with E-state index >= 15 is 0 Å². The molecule has 1 saturated carbocycles. The molecule has 0 radical (unpaired) electrons. The molecule has 4 aromatic rings. The first-order valence-electron chi connectivity index (χ1n) is 14.1. The van der Waals surface area contributed by atoms with Crippen molar-refractivity contribution in [3.05, 3.63) is 51.3 Å². The monoisotopic (exact) mass is 544 g/mol. The Morgan fingerprint density at radius 1 is 1.00 bits per heavy atom. The third-order valence-electron chi connectivity index (χ3n) is 10.8. The molecule has 188 valence electrons. The summed E-state index contributed by atoms with van der Waals surface area (Å²) in [6.45, 7) is 16.7. The van der Waals surface area contributed by atoms with Crippen LogP contribution < -0.4 is 4.57 Å². The van der Waals surface area contributed by atoms with Crippen LogP contribution in [0.25, 0.3) is 27.6 Å². The summed E-state index contributed by atoms with van der Waals surface area (Å²) in [6.07, 6.45) is 7.63. The van der Waals surface area contributed by atoms with Crippen LogP contribution in [0.3, 0.4) is 0 Å². The van der Waals surface area contributed by atoms with Gasteiger partial charge in [-0.25, -0.2) is 9.55 Å². The molecule has 3 nitrogen and oxygen atoms in total. The fourth-order valence-electron chi connectivity index (χ4n) is 8.33. The van der Waals surface area contributed by atoms with Gasteiger partial charge in [-0.3, -0.25) is 0 Å². The summed E-state index contributed by atoms with van der Waals surface area (Å²) in [5.74, 6) is 2.63. The minimum atomic E-state index is -0.0869. The van der Waals surface area contributed by atoms with Crippen molar-refractivity contribution in [2.75, 3.05) is 0 Å². The van der Waals surface area contributed by atoms with E-state index in [0.29, 0.717) is 0 Å². The Bertz CT molecular complexity index is 1600. The first-order valence-corrected chi connectivity index (χ1v) is 14.9. The zero-order valence-corrected chi connectivity index (χ0v) is 24.5. The molecule has 4 heteroatoms. The number of nitrogens with zero attached hydrogens (tertiary/aromatic N) is 3. The summed E-state index contributed by atoms with van der Waals surface area (Å²) in [6, 6.07) is 9.84. The Kier molecular flexibility index (Phi) is 4.59. The Balaban J connectivity index is 1.80.